The van der Waals surface area contributed by atoms with E-state index in [1.54, 1.807) is 6.07 Å². The van der Waals surface area contributed by atoms with E-state index in [9.17, 15) is 24.8 Å². The molecule has 0 spiro atoms. The minimum Gasteiger partial charge on any atom is -0.480 e. The second-order valence-electron chi connectivity index (χ2n) is 5.43. The molecule has 1 fully saturated rings. The zero-order valence-corrected chi connectivity index (χ0v) is 11.5. The largest absolute Gasteiger partial charge is 0.480 e. The Balaban J connectivity index is 2.06. The van der Waals surface area contributed by atoms with Crippen molar-refractivity contribution in [2.45, 2.75) is 31.7 Å². The van der Waals surface area contributed by atoms with E-state index in [1.165, 1.54) is 25.1 Å². The van der Waals surface area contributed by atoms with Gasteiger partial charge in [-0.15, -0.1) is 0 Å². The Labute approximate surface area is 121 Å². The first-order valence-electron chi connectivity index (χ1n) is 6.60. The van der Waals surface area contributed by atoms with Gasteiger partial charge in [-0.1, -0.05) is 12.1 Å². The van der Waals surface area contributed by atoms with Gasteiger partial charge in [0.25, 0.3) is 5.69 Å². The quantitative estimate of drug-likeness (QED) is 0.610. The Morgan fingerprint density at radius 2 is 2.14 bits per heavy atom. The highest BCUT2D eigenvalue weighted by atomic mass is 16.6. The van der Waals surface area contributed by atoms with Gasteiger partial charge in [0.05, 0.1) is 11.3 Å². The van der Waals surface area contributed by atoms with Crippen molar-refractivity contribution in [2.24, 2.45) is 5.92 Å². The number of hydrogen-bond donors (Lipinski definition) is 2. The van der Waals surface area contributed by atoms with Crippen LogP contribution in [0, 0.1) is 16.0 Å². The highest BCUT2D eigenvalue weighted by Crippen LogP contribution is 2.39. The maximum absolute atomic E-state index is 12.0. The van der Waals surface area contributed by atoms with Crippen LogP contribution in [0.15, 0.2) is 24.3 Å². The molecule has 0 heterocycles. The Morgan fingerprint density at radius 1 is 1.48 bits per heavy atom. The maximum Gasteiger partial charge on any atom is 0.329 e. The van der Waals surface area contributed by atoms with E-state index in [1.807, 2.05) is 0 Å². The van der Waals surface area contributed by atoms with Gasteiger partial charge in [-0.25, -0.2) is 4.79 Å². The van der Waals surface area contributed by atoms with Crippen molar-refractivity contribution in [1.29, 1.82) is 0 Å². The number of amides is 1. The lowest BCUT2D eigenvalue weighted by atomic mass is 9.95. The molecule has 1 aromatic carbocycles. The van der Waals surface area contributed by atoms with Gasteiger partial charge in [0.15, 0.2) is 0 Å². The van der Waals surface area contributed by atoms with Gasteiger partial charge in [0, 0.05) is 12.1 Å². The fraction of sp³-hybridized carbons (Fsp3) is 0.429. The molecule has 2 rings (SSSR count). The molecule has 1 atom stereocenters. The smallest absolute Gasteiger partial charge is 0.329 e. The third kappa shape index (κ3) is 3.36. The monoisotopic (exact) mass is 292 g/mol. The van der Waals surface area contributed by atoms with E-state index in [-0.39, 0.29) is 18.0 Å². The van der Waals surface area contributed by atoms with Crippen LogP contribution in [0.4, 0.5) is 5.69 Å². The predicted octanol–water partition coefficient (Wildman–Crippen LogP) is 1.51. The Hall–Kier alpha value is -2.44. The number of aliphatic carboxylic acids is 1. The minimum absolute atomic E-state index is 0.0518. The molecule has 2 N–H and O–H groups in total. The minimum atomic E-state index is -1.27. The SMILES string of the molecule is CC(NC(=O)Cc1cccc([N+](=O)[O-])c1)(C(=O)O)C1CC1. The number of nitro benzene ring substituents is 1. The lowest BCUT2D eigenvalue weighted by Crippen LogP contribution is -2.54. The van der Waals surface area contributed by atoms with Gasteiger partial charge in [-0.2, -0.15) is 0 Å². The van der Waals surface area contributed by atoms with Gasteiger partial charge in [-0.05, 0) is 31.2 Å². The molecule has 1 saturated carbocycles. The molecule has 21 heavy (non-hydrogen) atoms. The summed E-state index contributed by atoms with van der Waals surface area (Å²) in [7, 11) is 0. The molecule has 7 heteroatoms. The highest BCUT2D eigenvalue weighted by molar-refractivity contribution is 5.88. The lowest BCUT2D eigenvalue weighted by Gasteiger charge is -2.26. The zero-order chi connectivity index (χ0) is 15.6. The van der Waals surface area contributed by atoms with Crippen molar-refractivity contribution in [3.63, 3.8) is 0 Å². The summed E-state index contributed by atoms with van der Waals surface area (Å²) in [6.45, 7) is 1.50. The van der Waals surface area contributed by atoms with Crippen LogP contribution >= 0.6 is 0 Å². The number of carbonyl (C=O) groups excluding carboxylic acids is 1. The van der Waals surface area contributed by atoms with Crippen LogP contribution in [0.5, 0.6) is 0 Å². The molecule has 0 bridgehead atoms. The molecule has 1 aliphatic rings. The van der Waals surface area contributed by atoms with E-state index in [2.05, 4.69) is 5.32 Å². The van der Waals surface area contributed by atoms with Crippen LogP contribution < -0.4 is 5.32 Å². The first-order valence-corrected chi connectivity index (χ1v) is 6.60. The van der Waals surface area contributed by atoms with Gasteiger partial charge in [-0.3, -0.25) is 14.9 Å². The number of carboxylic acid groups (broad SMARTS) is 1. The standard InChI is InChI=1S/C14H16N2O5/c1-14(13(18)19,10-5-6-10)15-12(17)8-9-3-2-4-11(7-9)16(20)21/h2-4,7,10H,5-6,8H2,1H3,(H,15,17)(H,18,19). The Morgan fingerprint density at radius 3 is 2.67 bits per heavy atom. The van der Waals surface area contributed by atoms with Gasteiger partial charge in [0.1, 0.15) is 5.54 Å². The first kappa shape index (κ1) is 15.0. The zero-order valence-electron chi connectivity index (χ0n) is 11.5. The average Bonchev–Trinajstić information content (AvgIpc) is 3.22. The number of hydrogen-bond acceptors (Lipinski definition) is 4. The van der Waals surface area contributed by atoms with E-state index < -0.39 is 22.3 Å². The molecule has 0 saturated heterocycles. The number of non-ortho nitro benzene ring substituents is 1. The second kappa shape index (κ2) is 5.51. The summed E-state index contributed by atoms with van der Waals surface area (Å²) in [6, 6.07) is 5.75. The van der Waals surface area contributed by atoms with Crippen molar-refractivity contribution in [3.05, 3.63) is 39.9 Å². The third-order valence-electron chi connectivity index (χ3n) is 3.72. The van der Waals surface area contributed by atoms with E-state index in [0.717, 1.165) is 12.8 Å². The summed E-state index contributed by atoms with van der Waals surface area (Å²) in [5.74, 6) is -1.56. The number of carboxylic acids is 1. The van der Waals surface area contributed by atoms with Crippen LogP contribution in [0.1, 0.15) is 25.3 Å². The number of nitrogens with zero attached hydrogens (tertiary/aromatic N) is 1. The van der Waals surface area contributed by atoms with Crippen molar-refractivity contribution in [3.8, 4) is 0 Å². The molecule has 7 nitrogen and oxygen atoms in total. The number of nitro groups is 1. The molecular weight excluding hydrogens is 276 g/mol. The molecule has 0 aliphatic heterocycles. The van der Waals surface area contributed by atoms with Crippen LogP contribution in [0.25, 0.3) is 0 Å². The molecule has 1 aliphatic carbocycles. The van der Waals surface area contributed by atoms with Gasteiger partial charge < -0.3 is 10.4 Å². The molecular formula is C14H16N2O5. The summed E-state index contributed by atoms with van der Waals surface area (Å²) in [6.07, 6.45) is 1.47. The number of nitrogens with one attached hydrogen (secondary N) is 1. The third-order valence-corrected chi connectivity index (χ3v) is 3.72. The number of carbonyl (C=O) groups is 2. The number of benzene rings is 1. The summed E-state index contributed by atoms with van der Waals surface area (Å²) >= 11 is 0. The fourth-order valence-electron chi connectivity index (χ4n) is 2.29. The molecule has 1 amide bonds. The highest BCUT2D eigenvalue weighted by Gasteiger charge is 2.48. The maximum atomic E-state index is 12.0. The van der Waals surface area contributed by atoms with E-state index in [0.29, 0.717) is 5.56 Å². The van der Waals surface area contributed by atoms with Crippen molar-refractivity contribution < 1.29 is 19.6 Å². The van der Waals surface area contributed by atoms with Crippen molar-refractivity contribution in [1.82, 2.24) is 5.32 Å². The predicted molar refractivity (Wildman–Crippen MR) is 73.7 cm³/mol. The van der Waals surface area contributed by atoms with Crippen LogP contribution in [0.3, 0.4) is 0 Å². The average molecular weight is 292 g/mol. The van der Waals surface area contributed by atoms with Crippen molar-refractivity contribution in [2.75, 3.05) is 0 Å². The Bertz CT molecular complexity index is 597. The summed E-state index contributed by atoms with van der Waals surface area (Å²) in [4.78, 5) is 33.5. The molecule has 112 valence electrons. The van der Waals surface area contributed by atoms with Gasteiger partial charge in [0.2, 0.25) is 5.91 Å². The van der Waals surface area contributed by atoms with E-state index >= 15 is 0 Å². The summed E-state index contributed by atoms with van der Waals surface area (Å²) < 4.78 is 0. The summed E-state index contributed by atoms with van der Waals surface area (Å²) in [5.41, 5.74) is -0.883. The second-order valence-corrected chi connectivity index (χ2v) is 5.43. The number of rotatable bonds is 6. The fourth-order valence-corrected chi connectivity index (χ4v) is 2.29. The Kier molecular flexibility index (Phi) is 3.93. The van der Waals surface area contributed by atoms with Crippen molar-refractivity contribution >= 4 is 17.6 Å². The molecule has 1 aromatic rings. The topological polar surface area (TPSA) is 110 Å². The van der Waals surface area contributed by atoms with Crippen LogP contribution in [-0.2, 0) is 16.0 Å². The first-order chi connectivity index (χ1) is 9.83. The molecule has 0 aromatic heterocycles. The molecule has 1 unspecified atom stereocenters. The summed E-state index contributed by atoms with van der Waals surface area (Å²) in [5, 5.41) is 22.5. The van der Waals surface area contributed by atoms with Crippen LogP contribution in [0.2, 0.25) is 0 Å². The lowest BCUT2D eigenvalue weighted by molar-refractivity contribution is -0.384. The normalized spacial score (nSPS) is 16.8. The van der Waals surface area contributed by atoms with Crippen LogP contribution in [-0.4, -0.2) is 27.4 Å². The molecule has 0 radical (unpaired) electrons. The van der Waals surface area contributed by atoms with E-state index in [4.69, 9.17) is 0 Å². The van der Waals surface area contributed by atoms with Gasteiger partial charge >= 0.3 is 5.97 Å².